The summed E-state index contributed by atoms with van der Waals surface area (Å²) in [6.45, 7) is 5.42. The van der Waals surface area contributed by atoms with Gasteiger partial charge in [-0.3, -0.25) is 13.9 Å². The highest BCUT2D eigenvalue weighted by Gasteiger charge is 2.34. The molecule has 4 aromatic rings. The first-order chi connectivity index (χ1) is 22.6. The van der Waals surface area contributed by atoms with Crippen LogP contribution in [0.3, 0.4) is 0 Å². The Morgan fingerprint density at radius 3 is 1.98 bits per heavy atom. The van der Waals surface area contributed by atoms with Gasteiger partial charge in [0.15, 0.2) is 0 Å². The minimum absolute atomic E-state index is 0.0663. The number of aryl methyl sites for hydroxylation is 2. The molecule has 1 fully saturated rings. The van der Waals surface area contributed by atoms with Crippen LogP contribution in [-0.4, -0.2) is 43.8 Å². The molecule has 0 heterocycles. The Balaban J connectivity index is 1.49. The number of nitrogens with one attached hydrogen (secondary N) is 1. The molecule has 8 nitrogen and oxygen atoms in total. The fourth-order valence-corrected chi connectivity index (χ4v) is 7.26. The molecule has 1 atom stereocenters. The zero-order chi connectivity index (χ0) is 33.4. The van der Waals surface area contributed by atoms with E-state index in [1.807, 2.05) is 75.4 Å². The van der Waals surface area contributed by atoms with Crippen molar-refractivity contribution < 1.29 is 22.7 Å². The molecule has 0 radical (unpaired) electrons. The molecule has 246 valence electrons. The lowest BCUT2D eigenvalue weighted by molar-refractivity contribution is -0.140. The Morgan fingerprint density at radius 1 is 0.809 bits per heavy atom. The van der Waals surface area contributed by atoms with Crippen molar-refractivity contribution in [2.75, 3.05) is 10.8 Å². The van der Waals surface area contributed by atoms with Crippen LogP contribution >= 0.6 is 0 Å². The first-order valence-electron chi connectivity index (χ1n) is 16.2. The predicted molar refractivity (Wildman–Crippen MR) is 185 cm³/mol. The van der Waals surface area contributed by atoms with E-state index in [-0.39, 0.29) is 23.4 Å². The lowest BCUT2D eigenvalue weighted by atomic mass is 10.1. The molecule has 0 bridgehead atoms. The highest BCUT2D eigenvalue weighted by atomic mass is 32.2. The maximum Gasteiger partial charge on any atom is 0.264 e. The number of hydrogen-bond acceptors (Lipinski definition) is 5. The van der Waals surface area contributed by atoms with Gasteiger partial charge in [-0.05, 0) is 87.2 Å². The Labute approximate surface area is 278 Å². The topological polar surface area (TPSA) is 96.0 Å². The molecular weight excluding hydrogens is 611 g/mol. The third-order valence-electron chi connectivity index (χ3n) is 8.55. The number of amides is 2. The molecule has 2 amide bonds. The standard InChI is InChI=1S/C38H43N3O5S/c1-4-36(38(43)39-31-10-8-9-11-31)40(26-30-18-14-28(2)15-19-30)37(42)27-41(47(44,45)35-24-16-29(3)17-25-35)32-20-22-34(23-21-32)46-33-12-6-5-7-13-33/h5-7,12-25,31,36H,4,8-11,26-27H2,1-3H3,(H,39,43)/t36-/m1/s1. The van der Waals surface area contributed by atoms with Gasteiger partial charge >= 0.3 is 0 Å². The number of hydrogen-bond donors (Lipinski definition) is 1. The molecule has 0 unspecified atom stereocenters. The van der Waals surface area contributed by atoms with E-state index in [0.29, 0.717) is 23.6 Å². The maximum atomic E-state index is 14.4. The van der Waals surface area contributed by atoms with Gasteiger partial charge in [0, 0.05) is 12.6 Å². The second-order valence-corrected chi connectivity index (χ2v) is 14.0. The van der Waals surface area contributed by atoms with Gasteiger partial charge in [-0.15, -0.1) is 0 Å². The minimum Gasteiger partial charge on any atom is -0.457 e. The number of carbonyl (C=O) groups excluding carboxylic acids is 2. The molecule has 1 saturated carbocycles. The molecular formula is C38H43N3O5S. The van der Waals surface area contributed by atoms with Crippen molar-refractivity contribution in [2.45, 2.75) is 76.4 Å². The van der Waals surface area contributed by atoms with Crippen molar-refractivity contribution in [3.63, 3.8) is 0 Å². The molecule has 1 aliphatic rings. The summed E-state index contributed by atoms with van der Waals surface area (Å²) in [7, 11) is -4.18. The van der Waals surface area contributed by atoms with Crippen LogP contribution in [0.2, 0.25) is 0 Å². The van der Waals surface area contributed by atoms with Gasteiger partial charge in [-0.1, -0.05) is 85.5 Å². The van der Waals surface area contributed by atoms with Crippen molar-refractivity contribution in [3.8, 4) is 11.5 Å². The quantitative estimate of drug-likeness (QED) is 0.165. The maximum absolute atomic E-state index is 14.4. The van der Waals surface area contributed by atoms with Crippen LogP contribution < -0.4 is 14.4 Å². The third kappa shape index (κ3) is 8.60. The summed E-state index contributed by atoms with van der Waals surface area (Å²) in [5.74, 6) is 0.483. The number of nitrogens with zero attached hydrogens (tertiary/aromatic N) is 2. The van der Waals surface area contributed by atoms with E-state index < -0.39 is 28.5 Å². The molecule has 0 aromatic heterocycles. The summed E-state index contributed by atoms with van der Waals surface area (Å²) in [5.41, 5.74) is 3.15. The smallest absolute Gasteiger partial charge is 0.264 e. The molecule has 47 heavy (non-hydrogen) atoms. The monoisotopic (exact) mass is 653 g/mol. The fourth-order valence-electron chi connectivity index (χ4n) is 5.85. The van der Waals surface area contributed by atoms with Gasteiger partial charge in [0.2, 0.25) is 11.8 Å². The largest absolute Gasteiger partial charge is 0.457 e. The van der Waals surface area contributed by atoms with Gasteiger partial charge in [0.25, 0.3) is 10.0 Å². The first kappa shape index (κ1) is 33.7. The van der Waals surface area contributed by atoms with E-state index in [2.05, 4.69) is 5.32 Å². The number of para-hydroxylation sites is 1. The lowest BCUT2D eigenvalue weighted by Gasteiger charge is -2.34. The number of carbonyl (C=O) groups is 2. The van der Waals surface area contributed by atoms with Crippen LogP contribution in [-0.2, 0) is 26.2 Å². The molecule has 9 heteroatoms. The van der Waals surface area contributed by atoms with Crippen LogP contribution in [0.5, 0.6) is 11.5 Å². The Kier molecular flexibility index (Phi) is 11.0. The zero-order valence-electron chi connectivity index (χ0n) is 27.3. The number of anilines is 1. The van der Waals surface area contributed by atoms with E-state index in [1.54, 1.807) is 48.5 Å². The van der Waals surface area contributed by atoms with E-state index in [0.717, 1.165) is 46.7 Å². The Hall–Kier alpha value is -4.63. The molecule has 5 rings (SSSR count). The van der Waals surface area contributed by atoms with Crippen molar-refractivity contribution in [1.29, 1.82) is 0 Å². The fraction of sp³-hybridized carbons (Fsp3) is 0.316. The van der Waals surface area contributed by atoms with E-state index in [4.69, 9.17) is 4.74 Å². The van der Waals surface area contributed by atoms with Crippen molar-refractivity contribution in [2.24, 2.45) is 0 Å². The van der Waals surface area contributed by atoms with E-state index >= 15 is 0 Å². The summed E-state index contributed by atoms with van der Waals surface area (Å²) >= 11 is 0. The van der Waals surface area contributed by atoms with Crippen LogP contribution in [0, 0.1) is 13.8 Å². The first-order valence-corrected chi connectivity index (χ1v) is 17.7. The molecule has 1 aliphatic carbocycles. The lowest BCUT2D eigenvalue weighted by Crippen LogP contribution is -2.53. The van der Waals surface area contributed by atoms with Crippen LogP contribution in [0.4, 0.5) is 5.69 Å². The second kappa shape index (κ2) is 15.3. The predicted octanol–water partition coefficient (Wildman–Crippen LogP) is 7.16. The van der Waals surface area contributed by atoms with Crippen molar-refractivity contribution in [3.05, 3.63) is 120 Å². The van der Waals surface area contributed by atoms with Gasteiger partial charge in [0.1, 0.15) is 24.1 Å². The average molecular weight is 654 g/mol. The number of benzene rings is 4. The minimum atomic E-state index is -4.18. The summed E-state index contributed by atoms with van der Waals surface area (Å²) in [4.78, 5) is 29.7. The Morgan fingerprint density at radius 2 is 1.38 bits per heavy atom. The SMILES string of the molecule is CC[C@H](C(=O)NC1CCCC1)N(Cc1ccc(C)cc1)C(=O)CN(c1ccc(Oc2ccccc2)cc1)S(=O)(=O)c1ccc(C)cc1. The molecule has 0 spiro atoms. The van der Waals surface area contributed by atoms with Crippen molar-refractivity contribution >= 4 is 27.5 Å². The second-order valence-electron chi connectivity index (χ2n) is 12.2. The zero-order valence-corrected chi connectivity index (χ0v) is 28.1. The normalized spacial score (nSPS) is 13.9. The highest BCUT2D eigenvalue weighted by Crippen LogP contribution is 2.29. The molecule has 4 aromatic carbocycles. The summed E-state index contributed by atoms with van der Waals surface area (Å²) < 4.78 is 35.5. The molecule has 1 N–H and O–H groups in total. The van der Waals surface area contributed by atoms with Gasteiger partial charge < -0.3 is 15.0 Å². The van der Waals surface area contributed by atoms with Crippen LogP contribution in [0.1, 0.15) is 55.7 Å². The van der Waals surface area contributed by atoms with E-state index in [9.17, 15) is 18.0 Å². The number of sulfonamides is 1. The van der Waals surface area contributed by atoms with Crippen molar-refractivity contribution in [1.82, 2.24) is 10.2 Å². The van der Waals surface area contributed by atoms with Gasteiger partial charge in [-0.25, -0.2) is 8.42 Å². The summed E-state index contributed by atoms with van der Waals surface area (Å²) in [6, 6.07) is 29.6. The van der Waals surface area contributed by atoms with Gasteiger partial charge in [0.05, 0.1) is 10.6 Å². The third-order valence-corrected chi connectivity index (χ3v) is 10.3. The average Bonchev–Trinajstić information content (AvgIpc) is 3.58. The summed E-state index contributed by atoms with van der Waals surface area (Å²) in [6.07, 6.45) is 4.34. The number of rotatable bonds is 13. The van der Waals surface area contributed by atoms with Crippen LogP contribution in [0.25, 0.3) is 0 Å². The molecule has 0 saturated heterocycles. The van der Waals surface area contributed by atoms with Gasteiger partial charge in [-0.2, -0.15) is 0 Å². The van der Waals surface area contributed by atoms with E-state index in [1.165, 1.54) is 4.90 Å². The highest BCUT2D eigenvalue weighted by molar-refractivity contribution is 7.92. The summed E-state index contributed by atoms with van der Waals surface area (Å²) in [5, 5.41) is 3.15. The Bertz CT molecular complexity index is 1740. The number of ether oxygens (including phenoxy) is 1. The molecule has 0 aliphatic heterocycles. The van der Waals surface area contributed by atoms with Crippen LogP contribution in [0.15, 0.2) is 108 Å².